The first-order valence-electron chi connectivity index (χ1n) is 8.33. The normalized spacial score (nSPS) is 17.7. The molecule has 2 rings (SSSR count). The lowest BCUT2D eigenvalue weighted by atomic mass is 9.99. The molecule has 3 nitrogen and oxygen atoms in total. The lowest BCUT2D eigenvalue weighted by Crippen LogP contribution is -2.29. The molecule has 0 spiro atoms. The molecule has 21 heavy (non-hydrogen) atoms. The Hall–Kier alpha value is -1.06. The first kappa shape index (κ1) is 16.3. The van der Waals surface area contributed by atoms with Gasteiger partial charge in [-0.3, -0.25) is 0 Å². The number of nitrogens with zero attached hydrogens (tertiary/aromatic N) is 1. The summed E-state index contributed by atoms with van der Waals surface area (Å²) in [5.74, 6) is 0.772. The predicted octanol–water partition coefficient (Wildman–Crippen LogP) is 3.61. The van der Waals surface area contributed by atoms with E-state index < -0.39 is 0 Å². The molecule has 0 amide bonds. The van der Waals surface area contributed by atoms with E-state index in [0.717, 1.165) is 32.2 Å². The van der Waals surface area contributed by atoms with Gasteiger partial charge in [-0.1, -0.05) is 19.1 Å². The summed E-state index contributed by atoms with van der Waals surface area (Å²) in [5, 5.41) is 3.54. The van der Waals surface area contributed by atoms with Gasteiger partial charge in [-0.15, -0.1) is 0 Å². The summed E-state index contributed by atoms with van der Waals surface area (Å²) in [4.78, 5) is 2.38. The predicted molar refractivity (Wildman–Crippen MR) is 90.0 cm³/mol. The number of benzene rings is 1. The summed E-state index contributed by atoms with van der Waals surface area (Å²) in [6, 6.07) is 9.43. The Balaban J connectivity index is 1.88. The zero-order chi connectivity index (χ0) is 15.1. The van der Waals surface area contributed by atoms with Crippen LogP contribution >= 0.6 is 0 Å². The van der Waals surface area contributed by atoms with E-state index in [9.17, 15) is 0 Å². The van der Waals surface area contributed by atoms with Crippen LogP contribution in [0.15, 0.2) is 24.3 Å². The summed E-state index contributed by atoms with van der Waals surface area (Å²) in [6.45, 7) is 8.50. The highest BCUT2D eigenvalue weighted by atomic mass is 16.5. The Morgan fingerprint density at radius 3 is 2.52 bits per heavy atom. The van der Waals surface area contributed by atoms with Crippen molar-refractivity contribution in [2.24, 2.45) is 5.92 Å². The molecule has 1 N–H and O–H groups in total. The molecule has 1 heterocycles. The van der Waals surface area contributed by atoms with Gasteiger partial charge in [0.05, 0.1) is 0 Å². The number of ether oxygens (including phenoxy) is 1. The van der Waals surface area contributed by atoms with Crippen molar-refractivity contribution in [1.82, 2.24) is 5.32 Å². The average Bonchev–Trinajstić information content (AvgIpc) is 2.53. The van der Waals surface area contributed by atoms with E-state index in [4.69, 9.17) is 4.74 Å². The smallest absolute Gasteiger partial charge is 0.0469 e. The van der Waals surface area contributed by atoms with Crippen molar-refractivity contribution in [3.05, 3.63) is 29.8 Å². The van der Waals surface area contributed by atoms with Crippen molar-refractivity contribution < 1.29 is 4.74 Å². The van der Waals surface area contributed by atoms with Gasteiger partial charge in [0, 0.05) is 38.5 Å². The maximum atomic E-state index is 5.44. The van der Waals surface area contributed by atoms with Crippen LogP contribution in [0.2, 0.25) is 0 Å². The lowest BCUT2D eigenvalue weighted by Gasteiger charge is -2.28. The molecule has 0 radical (unpaired) electrons. The van der Waals surface area contributed by atoms with Crippen LogP contribution < -0.4 is 10.2 Å². The molecule has 1 aliphatic rings. The van der Waals surface area contributed by atoms with Gasteiger partial charge in [-0.05, 0) is 56.3 Å². The van der Waals surface area contributed by atoms with Crippen molar-refractivity contribution in [1.29, 1.82) is 0 Å². The van der Waals surface area contributed by atoms with Crippen LogP contribution in [0, 0.1) is 5.92 Å². The van der Waals surface area contributed by atoms with E-state index in [2.05, 4.69) is 55.4 Å². The highest BCUT2D eigenvalue weighted by molar-refractivity contribution is 5.47. The zero-order valence-corrected chi connectivity index (χ0v) is 13.8. The Morgan fingerprint density at radius 2 is 1.90 bits per heavy atom. The topological polar surface area (TPSA) is 24.5 Å². The molecule has 0 aromatic heterocycles. The van der Waals surface area contributed by atoms with Crippen molar-refractivity contribution in [2.75, 3.05) is 38.3 Å². The molecule has 1 aromatic rings. The number of hydrogen-bond donors (Lipinski definition) is 1. The minimum Gasteiger partial charge on any atom is -0.381 e. The molecule has 0 aliphatic carbocycles. The van der Waals surface area contributed by atoms with E-state index in [-0.39, 0.29) is 0 Å². The molecule has 0 saturated carbocycles. The second-order valence-electron chi connectivity index (χ2n) is 6.20. The highest BCUT2D eigenvalue weighted by Gasteiger charge is 2.16. The van der Waals surface area contributed by atoms with Crippen LogP contribution in [-0.4, -0.2) is 33.4 Å². The van der Waals surface area contributed by atoms with Crippen molar-refractivity contribution >= 4 is 5.69 Å². The minimum atomic E-state index is 0.430. The van der Waals surface area contributed by atoms with E-state index in [1.807, 2.05) is 0 Å². The number of nitrogens with one attached hydrogen (secondary N) is 1. The quantitative estimate of drug-likeness (QED) is 0.830. The van der Waals surface area contributed by atoms with Gasteiger partial charge in [0.1, 0.15) is 0 Å². The molecule has 0 bridgehead atoms. The Labute approximate surface area is 129 Å². The van der Waals surface area contributed by atoms with Gasteiger partial charge in [0.2, 0.25) is 0 Å². The Morgan fingerprint density at radius 1 is 1.24 bits per heavy atom. The van der Waals surface area contributed by atoms with Crippen LogP contribution in [0.25, 0.3) is 0 Å². The van der Waals surface area contributed by atoms with Crippen molar-refractivity contribution in [3.63, 3.8) is 0 Å². The van der Waals surface area contributed by atoms with Gasteiger partial charge >= 0.3 is 0 Å². The molecule has 1 atom stereocenters. The van der Waals surface area contributed by atoms with Crippen molar-refractivity contribution in [3.8, 4) is 0 Å². The first-order valence-corrected chi connectivity index (χ1v) is 8.33. The van der Waals surface area contributed by atoms with E-state index in [1.165, 1.54) is 30.5 Å². The minimum absolute atomic E-state index is 0.430. The van der Waals surface area contributed by atoms with E-state index in [0.29, 0.717) is 6.04 Å². The first-order chi connectivity index (χ1) is 10.2. The maximum Gasteiger partial charge on any atom is 0.0469 e. The van der Waals surface area contributed by atoms with E-state index >= 15 is 0 Å². The molecule has 3 heteroatoms. The van der Waals surface area contributed by atoms with Gasteiger partial charge in [-0.25, -0.2) is 0 Å². The summed E-state index contributed by atoms with van der Waals surface area (Å²) >= 11 is 0. The van der Waals surface area contributed by atoms with Gasteiger partial charge in [-0.2, -0.15) is 0 Å². The Kier molecular flexibility index (Phi) is 6.52. The molecule has 1 aliphatic heterocycles. The van der Waals surface area contributed by atoms with Crippen LogP contribution in [0.5, 0.6) is 0 Å². The van der Waals surface area contributed by atoms with Gasteiger partial charge < -0.3 is 15.0 Å². The van der Waals surface area contributed by atoms with Crippen LogP contribution in [0.1, 0.15) is 44.7 Å². The molecule has 1 aromatic carbocycles. The molecular weight excluding hydrogens is 260 g/mol. The number of hydrogen-bond acceptors (Lipinski definition) is 3. The number of rotatable bonds is 7. The number of anilines is 1. The van der Waals surface area contributed by atoms with Crippen LogP contribution in [0.4, 0.5) is 5.69 Å². The molecule has 1 saturated heterocycles. The molecule has 1 unspecified atom stereocenters. The summed E-state index contributed by atoms with van der Waals surface area (Å²) in [6.07, 6.45) is 3.57. The lowest BCUT2D eigenvalue weighted by molar-refractivity contribution is 0.0685. The SMILES string of the molecule is CCCNC(C)c1ccc(N(C)CC2CCOCC2)cc1. The highest BCUT2D eigenvalue weighted by Crippen LogP contribution is 2.22. The summed E-state index contributed by atoms with van der Waals surface area (Å²) in [7, 11) is 2.20. The van der Waals surface area contributed by atoms with Crippen molar-refractivity contribution in [2.45, 2.75) is 39.2 Å². The molecule has 1 fully saturated rings. The third-order valence-corrected chi connectivity index (χ3v) is 4.41. The van der Waals surface area contributed by atoms with Crippen LogP contribution in [0.3, 0.4) is 0 Å². The molecule has 118 valence electrons. The average molecular weight is 290 g/mol. The van der Waals surface area contributed by atoms with Gasteiger partial charge in [0.25, 0.3) is 0 Å². The maximum absolute atomic E-state index is 5.44. The van der Waals surface area contributed by atoms with Gasteiger partial charge in [0.15, 0.2) is 0 Å². The standard InChI is InChI=1S/C18H30N2O/c1-4-11-19-15(2)17-5-7-18(8-6-17)20(3)14-16-9-12-21-13-10-16/h5-8,15-16,19H,4,9-14H2,1-3H3. The molecular formula is C18H30N2O. The zero-order valence-electron chi connectivity index (χ0n) is 13.8. The Bertz CT molecular complexity index is 398. The monoisotopic (exact) mass is 290 g/mol. The van der Waals surface area contributed by atoms with Crippen LogP contribution in [-0.2, 0) is 4.74 Å². The third-order valence-electron chi connectivity index (χ3n) is 4.41. The largest absolute Gasteiger partial charge is 0.381 e. The third kappa shape index (κ3) is 5.01. The second kappa shape index (κ2) is 8.40. The summed E-state index contributed by atoms with van der Waals surface area (Å²) < 4.78 is 5.44. The fraction of sp³-hybridized carbons (Fsp3) is 0.667. The fourth-order valence-corrected chi connectivity index (χ4v) is 2.92. The van der Waals surface area contributed by atoms with E-state index in [1.54, 1.807) is 0 Å². The summed E-state index contributed by atoms with van der Waals surface area (Å²) in [5.41, 5.74) is 2.68. The fourth-order valence-electron chi connectivity index (χ4n) is 2.92. The second-order valence-corrected chi connectivity index (χ2v) is 6.20.